The van der Waals surface area contributed by atoms with E-state index in [1.807, 2.05) is 23.1 Å². The minimum absolute atomic E-state index is 0.0549. The summed E-state index contributed by atoms with van der Waals surface area (Å²) >= 11 is 0. The van der Waals surface area contributed by atoms with Gasteiger partial charge in [0.1, 0.15) is 0 Å². The van der Waals surface area contributed by atoms with Gasteiger partial charge in [-0.2, -0.15) is 0 Å². The van der Waals surface area contributed by atoms with Crippen molar-refractivity contribution < 1.29 is 4.79 Å². The van der Waals surface area contributed by atoms with Crippen LogP contribution < -0.4 is 5.73 Å². The fourth-order valence-corrected chi connectivity index (χ4v) is 2.79. The van der Waals surface area contributed by atoms with Crippen LogP contribution in [-0.2, 0) is 13.0 Å². The number of rotatable bonds is 1. The summed E-state index contributed by atoms with van der Waals surface area (Å²) in [5, 5.41) is 0. The third kappa shape index (κ3) is 2.27. The number of anilines is 1. The van der Waals surface area contributed by atoms with Crippen LogP contribution in [0.5, 0.6) is 0 Å². The van der Waals surface area contributed by atoms with Gasteiger partial charge in [-0.05, 0) is 42.7 Å². The molecule has 1 atom stereocenters. The van der Waals surface area contributed by atoms with Gasteiger partial charge < -0.3 is 10.6 Å². The predicted octanol–water partition coefficient (Wildman–Crippen LogP) is 2.86. The van der Waals surface area contributed by atoms with Gasteiger partial charge in [-0.1, -0.05) is 30.3 Å². The first kappa shape index (κ1) is 12.7. The Balaban J connectivity index is 1.90. The molecule has 3 heteroatoms. The monoisotopic (exact) mass is 266 g/mol. The smallest absolute Gasteiger partial charge is 0.254 e. The summed E-state index contributed by atoms with van der Waals surface area (Å²) in [6.07, 6.45) is 0.907. The SMILES string of the molecule is C[C@H]1Cc2ccccc2CN1C(=O)c1cccc(N)c1. The lowest BCUT2D eigenvalue weighted by atomic mass is 9.94. The highest BCUT2D eigenvalue weighted by Crippen LogP contribution is 2.25. The average Bonchev–Trinajstić information content (AvgIpc) is 2.46. The van der Waals surface area contributed by atoms with Crippen LogP contribution in [0.1, 0.15) is 28.4 Å². The molecule has 2 aromatic rings. The van der Waals surface area contributed by atoms with Gasteiger partial charge in [0.05, 0.1) is 0 Å². The quantitative estimate of drug-likeness (QED) is 0.807. The number of amides is 1. The van der Waals surface area contributed by atoms with Crippen molar-refractivity contribution in [3.63, 3.8) is 0 Å². The lowest BCUT2D eigenvalue weighted by molar-refractivity contribution is 0.0658. The number of hydrogen-bond donors (Lipinski definition) is 1. The molecular formula is C17H18N2O. The van der Waals surface area contributed by atoms with E-state index in [1.54, 1.807) is 12.1 Å². The van der Waals surface area contributed by atoms with Gasteiger partial charge in [0.2, 0.25) is 0 Å². The second-order valence-corrected chi connectivity index (χ2v) is 5.38. The Hall–Kier alpha value is -2.29. The molecule has 0 bridgehead atoms. The third-order valence-corrected chi connectivity index (χ3v) is 3.90. The van der Waals surface area contributed by atoms with Gasteiger partial charge in [-0.15, -0.1) is 0 Å². The zero-order valence-electron chi connectivity index (χ0n) is 11.5. The Bertz CT molecular complexity index is 651. The predicted molar refractivity (Wildman–Crippen MR) is 80.3 cm³/mol. The van der Waals surface area contributed by atoms with Crippen LogP contribution in [0, 0.1) is 0 Å². The van der Waals surface area contributed by atoms with E-state index in [1.165, 1.54) is 11.1 Å². The Kier molecular flexibility index (Phi) is 3.18. The summed E-state index contributed by atoms with van der Waals surface area (Å²) in [5.41, 5.74) is 9.64. The number of fused-ring (bicyclic) bond motifs is 1. The Morgan fingerprint density at radius 1 is 1.15 bits per heavy atom. The summed E-state index contributed by atoms with van der Waals surface area (Å²) in [4.78, 5) is 14.6. The van der Waals surface area contributed by atoms with Gasteiger partial charge in [0, 0.05) is 23.8 Å². The molecule has 1 heterocycles. The number of nitrogen functional groups attached to an aromatic ring is 1. The average molecular weight is 266 g/mol. The molecule has 1 aliphatic heterocycles. The van der Waals surface area contributed by atoms with E-state index in [-0.39, 0.29) is 11.9 Å². The molecule has 0 aliphatic carbocycles. The molecule has 102 valence electrons. The van der Waals surface area contributed by atoms with E-state index in [4.69, 9.17) is 5.73 Å². The molecule has 3 rings (SSSR count). The van der Waals surface area contributed by atoms with Gasteiger partial charge in [-0.25, -0.2) is 0 Å². The first-order chi connectivity index (χ1) is 9.65. The Morgan fingerprint density at radius 3 is 2.65 bits per heavy atom. The van der Waals surface area contributed by atoms with Crippen molar-refractivity contribution in [3.05, 3.63) is 65.2 Å². The molecule has 0 spiro atoms. The fourth-order valence-electron chi connectivity index (χ4n) is 2.79. The van der Waals surface area contributed by atoms with Crippen molar-refractivity contribution in [2.24, 2.45) is 0 Å². The van der Waals surface area contributed by atoms with Gasteiger partial charge in [0.25, 0.3) is 5.91 Å². The van der Waals surface area contributed by atoms with Crippen LogP contribution in [0.3, 0.4) is 0 Å². The van der Waals surface area contributed by atoms with E-state index in [0.29, 0.717) is 17.8 Å². The summed E-state index contributed by atoms with van der Waals surface area (Å²) < 4.78 is 0. The van der Waals surface area contributed by atoms with Crippen molar-refractivity contribution in [1.29, 1.82) is 0 Å². The molecule has 2 N–H and O–H groups in total. The molecule has 0 saturated carbocycles. The van der Waals surface area contributed by atoms with E-state index < -0.39 is 0 Å². The molecule has 0 aromatic heterocycles. The molecule has 0 unspecified atom stereocenters. The summed E-state index contributed by atoms with van der Waals surface area (Å²) in [6.45, 7) is 2.77. The largest absolute Gasteiger partial charge is 0.399 e. The first-order valence-corrected chi connectivity index (χ1v) is 6.88. The minimum atomic E-state index is 0.0549. The molecule has 3 nitrogen and oxygen atoms in total. The number of carbonyl (C=O) groups is 1. The second-order valence-electron chi connectivity index (χ2n) is 5.38. The van der Waals surface area contributed by atoms with Crippen LogP contribution in [0.25, 0.3) is 0 Å². The molecule has 0 saturated heterocycles. The van der Waals surface area contributed by atoms with Crippen molar-refractivity contribution >= 4 is 11.6 Å². The number of nitrogens with zero attached hydrogens (tertiary/aromatic N) is 1. The molecule has 0 fully saturated rings. The van der Waals surface area contributed by atoms with Crippen molar-refractivity contribution in [2.45, 2.75) is 25.9 Å². The zero-order valence-corrected chi connectivity index (χ0v) is 11.5. The van der Waals surface area contributed by atoms with Crippen LogP contribution in [0.15, 0.2) is 48.5 Å². The van der Waals surface area contributed by atoms with Gasteiger partial charge in [0.15, 0.2) is 0 Å². The van der Waals surface area contributed by atoms with Crippen LogP contribution >= 0.6 is 0 Å². The summed E-state index contributed by atoms with van der Waals surface area (Å²) in [6, 6.07) is 15.7. The van der Waals surface area contributed by atoms with Crippen molar-refractivity contribution in [1.82, 2.24) is 4.90 Å². The zero-order chi connectivity index (χ0) is 14.1. The van der Waals surface area contributed by atoms with E-state index in [2.05, 4.69) is 25.1 Å². The fraction of sp³-hybridized carbons (Fsp3) is 0.235. The number of hydrogen-bond acceptors (Lipinski definition) is 2. The second kappa shape index (κ2) is 5.00. The summed E-state index contributed by atoms with van der Waals surface area (Å²) in [5.74, 6) is 0.0549. The Morgan fingerprint density at radius 2 is 1.90 bits per heavy atom. The van der Waals surface area contributed by atoms with Crippen molar-refractivity contribution in [3.8, 4) is 0 Å². The highest BCUT2D eigenvalue weighted by molar-refractivity contribution is 5.95. The van der Waals surface area contributed by atoms with E-state index in [9.17, 15) is 4.79 Å². The summed E-state index contributed by atoms with van der Waals surface area (Å²) in [7, 11) is 0. The lowest BCUT2D eigenvalue weighted by Gasteiger charge is -2.35. The third-order valence-electron chi connectivity index (χ3n) is 3.90. The van der Waals surface area contributed by atoms with Crippen LogP contribution in [-0.4, -0.2) is 16.8 Å². The maximum Gasteiger partial charge on any atom is 0.254 e. The molecule has 1 amide bonds. The standard InChI is InChI=1S/C17H18N2O/c1-12-9-13-5-2-3-6-15(13)11-19(12)17(20)14-7-4-8-16(18)10-14/h2-8,10,12H,9,11,18H2,1H3/t12-/m0/s1. The molecule has 20 heavy (non-hydrogen) atoms. The normalized spacial score (nSPS) is 17.6. The van der Waals surface area contributed by atoms with Gasteiger partial charge in [-0.3, -0.25) is 4.79 Å². The maximum absolute atomic E-state index is 12.6. The number of carbonyl (C=O) groups excluding carboxylic acids is 1. The lowest BCUT2D eigenvalue weighted by Crippen LogP contribution is -2.42. The van der Waals surface area contributed by atoms with E-state index in [0.717, 1.165) is 6.42 Å². The minimum Gasteiger partial charge on any atom is -0.399 e. The van der Waals surface area contributed by atoms with Crippen molar-refractivity contribution in [2.75, 3.05) is 5.73 Å². The maximum atomic E-state index is 12.6. The first-order valence-electron chi connectivity index (χ1n) is 6.88. The number of benzene rings is 2. The molecule has 2 aromatic carbocycles. The topological polar surface area (TPSA) is 46.3 Å². The molecular weight excluding hydrogens is 248 g/mol. The van der Waals surface area contributed by atoms with Gasteiger partial charge >= 0.3 is 0 Å². The van der Waals surface area contributed by atoms with E-state index >= 15 is 0 Å². The highest BCUT2D eigenvalue weighted by Gasteiger charge is 2.27. The molecule has 1 aliphatic rings. The van der Waals surface area contributed by atoms with Crippen LogP contribution in [0.2, 0.25) is 0 Å². The Labute approximate surface area is 119 Å². The van der Waals surface area contributed by atoms with Crippen LogP contribution in [0.4, 0.5) is 5.69 Å². The number of nitrogens with two attached hydrogens (primary N) is 1. The highest BCUT2D eigenvalue weighted by atomic mass is 16.2. The molecule has 0 radical (unpaired) electrons.